The molecule has 6 heteroatoms. The number of para-hydroxylation sites is 1. The lowest BCUT2D eigenvalue weighted by atomic mass is 10.2. The van der Waals surface area contributed by atoms with Gasteiger partial charge in [0.2, 0.25) is 0 Å². The molecule has 1 heterocycles. The van der Waals surface area contributed by atoms with Crippen molar-refractivity contribution in [3.8, 4) is 5.75 Å². The fraction of sp³-hybridized carbons (Fsp3) is 0.500. The van der Waals surface area contributed by atoms with Crippen LogP contribution >= 0.6 is 11.8 Å². The third kappa shape index (κ3) is 3.88. The second kappa shape index (κ2) is 7.52. The van der Waals surface area contributed by atoms with Crippen molar-refractivity contribution in [2.75, 3.05) is 31.2 Å². The number of rotatable bonds is 5. The zero-order valence-electron chi connectivity index (χ0n) is 11.7. The molecule has 5 nitrogen and oxygen atoms in total. The van der Waals surface area contributed by atoms with Crippen LogP contribution in [0.2, 0.25) is 0 Å². The van der Waals surface area contributed by atoms with Crippen molar-refractivity contribution < 1.29 is 9.53 Å². The number of nitrogen functional groups attached to an aromatic ring is 1. The lowest BCUT2D eigenvalue weighted by molar-refractivity contribution is 0.0948. The number of nitrogens with one attached hydrogen (secondary N) is 1. The first-order chi connectivity index (χ1) is 9.72. The molecule has 1 amide bonds. The molecule has 1 fully saturated rings. The molecule has 1 saturated heterocycles. The van der Waals surface area contributed by atoms with Gasteiger partial charge in [-0.05, 0) is 19.1 Å². The van der Waals surface area contributed by atoms with Crippen molar-refractivity contribution in [2.45, 2.75) is 13.0 Å². The van der Waals surface area contributed by atoms with Gasteiger partial charge in [0.25, 0.3) is 5.91 Å². The van der Waals surface area contributed by atoms with E-state index in [1.807, 2.05) is 17.8 Å². The van der Waals surface area contributed by atoms with Crippen LogP contribution in [0.5, 0.6) is 5.75 Å². The molecule has 0 aromatic heterocycles. The minimum Gasteiger partial charge on any atom is -0.491 e. The van der Waals surface area contributed by atoms with Gasteiger partial charge in [-0.3, -0.25) is 15.1 Å². The fourth-order valence-electron chi connectivity index (χ4n) is 2.22. The first kappa shape index (κ1) is 15.2. The summed E-state index contributed by atoms with van der Waals surface area (Å²) in [6.45, 7) is 4.78. The fourth-order valence-corrected chi connectivity index (χ4v) is 3.31. The maximum atomic E-state index is 11.6. The lowest BCUT2D eigenvalue weighted by Crippen LogP contribution is -2.42. The highest BCUT2D eigenvalue weighted by atomic mass is 32.2. The smallest absolute Gasteiger partial charge is 0.268 e. The lowest BCUT2D eigenvalue weighted by Gasteiger charge is -2.32. The number of hydrazine groups is 1. The maximum Gasteiger partial charge on any atom is 0.268 e. The highest BCUT2D eigenvalue weighted by Gasteiger charge is 2.18. The number of ether oxygens (including phenoxy) is 1. The molecule has 2 rings (SSSR count). The van der Waals surface area contributed by atoms with Crippen LogP contribution in [0.4, 0.5) is 0 Å². The van der Waals surface area contributed by atoms with Gasteiger partial charge in [-0.15, -0.1) is 0 Å². The predicted molar refractivity (Wildman–Crippen MR) is 82.0 cm³/mol. The molecule has 20 heavy (non-hydrogen) atoms. The van der Waals surface area contributed by atoms with Crippen LogP contribution in [0, 0.1) is 0 Å². The van der Waals surface area contributed by atoms with E-state index in [9.17, 15) is 4.79 Å². The van der Waals surface area contributed by atoms with Crippen LogP contribution in [0.15, 0.2) is 24.3 Å². The monoisotopic (exact) mass is 295 g/mol. The molecule has 0 aliphatic carbocycles. The van der Waals surface area contributed by atoms with Crippen molar-refractivity contribution in [2.24, 2.45) is 5.84 Å². The third-order valence-corrected chi connectivity index (χ3v) is 4.59. The standard InChI is InChI=1S/C14H21N3O2S/c1-11-10-20-9-7-17(11)6-8-19-13-5-3-2-4-12(13)14(18)16-15/h2-5,11H,6-10,15H2,1H3,(H,16,18). The zero-order valence-corrected chi connectivity index (χ0v) is 12.5. The van der Waals surface area contributed by atoms with Crippen LogP contribution in [-0.4, -0.2) is 48.1 Å². The van der Waals surface area contributed by atoms with Crippen LogP contribution in [-0.2, 0) is 0 Å². The van der Waals surface area contributed by atoms with Gasteiger partial charge >= 0.3 is 0 Å². The Morgan fingerprint density at radius 3 is 3.10 bits per heavy atom. The number of benzene rings is 1. The minimum atomic E-state index is -0.330. The summed E-state index contributed by atoms with van der Waals surface area (Å²) in [5, 5.41) is 0. The average molecular weight is 295 g/mol. The van der Waals surface area contributed by atoms with E-state index < -0.39 is 0 Å². The number of hydrogen-bond donors (Lipinski definition) is 2. The van der Waals surface area contributed by atoms with E-state index in [1.54, 1.807) is 18.2 Å². The Hall–Kier alpha value is -1.24. The normalized spacial score (nSPS) is 19.6. The number of nitrogens with two attached hydrogens (primary N) is 1. The first-order valence-electron chi connectivity index (χ1n) is 6.77. The zero-order chi connectivity index (χ0) is 14.4. The van der Waals surface area contributed by atoms with Crippen LogP contribution in [0.1, 0.15) is 17.3 Å². The number of carbonyl (C=O) groups excluding carboxylic acids is 1. The molecule has 0 bridgehead atoms. The van der Waals surface area contributed by atoms with Gasteiger partial charge in [0, 0.05) is 30.6 Å². The van der Waals surface area contributed by atoms with Crippen LogP contribution in [0.3, 0.4) is 0 Å². The van der Waals surface area contributed by atoms with E-state index in [0.717, 1.165) is 13.1 Å². The van der Waals surface area contributed by atoms with Crippen molar-refractivity contribution in [1.29, 1.82) is 0 Å². The van der Waals surface area contributed by atoms with Gasteiger partial charge in [-0.1, -0.05) is 12.1 Å². The van der Waals surface area contributed by atoms with E-state index in [-0.39, 0.29) is 5.91 Å². The summed E-state index contributed by atoms with van der Waals surface area (Å²) in [6, 6.07) is 7.72. The molecule has 1 aromatic rings. The van der Waals surface area contributed by atoms with Crippen molar-refractivity contribution in [3.63, 3.8) is 0 Å². The summed E-state index contributed by atoms with van der Waals surface area (Å²) in [6.07, 6.45) is 0. The summed E-state index contributed by atoms with van der Waals surface area (Å²) < 4.78 is 5.75. The second-order valence-corrected chi connectivity index (χ2v) is 5.93. The Bertz CT molecular complexity index is 456. The summed E-state index contributed by atoms with van der Waals surface area (Å²) >= 11 is 2.00. The van der Waals surface area contributed by atoms with Gasteiger partial charge in [0.15, 0.2) is 0 Å². The van der Waals surface area contributed by atoms with Crippen LogP contribution in [0.25, 0.3) is 0 Å². The van der Waals surface area contributed by atoms with Crippen molar-refractivity contribution in [3.05, 3.63) is 29.8 Å². The predicted octanol–water partition coefficient (Wildman–Crippen LogP) is 1.11. The molecule has 0 spiro atoms. The van der Waals surface area contributed by atoms with Gasteiger partial charge < -0.3 is 4.74 Å². The highest BCUT2D eigenvalue weighted by Crippen LogP contribution is 2.19. The quantitative estimate of drug-likeness (QED) is 0.484. The Balaban J connectivity index is 1.89. The average Bonchev–Trinajstić information content (AvgIpc) is 2.49. The Labute approximate surface area is 123 Å². The van der Waals surface area contributed by atoms with Crippen LogP contribution < -0.4 is 16.0 Å². The van der Waals surface area contributed by atoms with Gasteiger partial charge in [0.05, 0.1) is 5.56 Å². The summed E-state index contributed by atoms with van der Waals surface area (Å²) in [5.41, 5.74) is 2.61. The number of thioether (sulfide) groups is 1. The minimum absolute atomic E-state index is 0.330. The highest BCUT2D eigenvalue weighted by molar-refractivity contribution is 7.99. The summed E-state index contributed by atoms with van der Waals surface area (Å²) in [5.74, 6) is 7.77. The molecule has 1 aliphatic heterocycles. The molecule has 3 N–H and O–H groups in total. The van der Waals surface area contributed by atoms with E-state index >= 15 is 0 Å². The maximum absolute atomic E-state index is 11.6. The van der Waals surface area contributed by atoms with Gasteiger partial charge in [-0.2, -0.15) is 11.8 Å². The van der Waals surface area contributed by atoms with Crippen molar-refractivity contribution >= 4 is 17.7 Å². The van der Waals surface area contributed by atoms with Crippen molar-refractivity contribution in [1.82, 2.24) is 10.3 Å². The Morgan fingerprint density at radius 2 is 2.35 bits per heavy atom. The topological polar surface area (TPSA) is 67.6 Å². The third-order valence-electron chi connectivity index (χ3n) is 3.40. The largest absolute Gasteiger partial charge is 0.491 e. The molecule has 1 unspecified atom stereocenters. The summed E-state index contributed by atoms with van der Waals surface area (Å²) in [7, 11) is 0. The van der Waals surface area contributed by atoms with E-state index in [0.29, 0.717) is 24.0 Å². The molecule has 1 aromatic carbocycles. The number of carbonyl (C=O) groups is 1. The molecular weight excluding hydrogens is 274 g/mol. The van der Waals surface area contributed by atoms with E-state index in [4.69, 9.17) is 10.6 Å². The molecule has 1 atom stereocenters. The first-order valence-corrected chi connectivity index (χ1v) is 7.92. The number of nitrogens with zero attached hydrogens (tertiary/aromatic N) is 1. The van der Waals surface area contributed by atoms with E-state index in [2.05, 4.69) is 17.2 Å². The molecule has 0 saturated carbocycles. The van der Waals surface area contributed by atoms with E-state index in [1.165, 1.54) is 11.5 Å². The molecule has 0 radical (unpaired) electrons. The molecular formula is C14H21N3O2S. The number of amides is 1. The Kier molecular flexibility index (Phi) is 5.70. The Morgan fingerprint density at radius 1 is 1.55 bits per heavy atom. The summed E-state index contributed by atoms with van der Waals surface area (Å²) in [4.78, 5) is 14.0. The number of hydrogen-bond acceptors (Lipinski definition) is 5. The second-order valence-electron chi connectivity index (χ2n) is 4.78. The molecule has 1 aliphatic rings. The SMILES string of the molecule is CC1CSCCN1CCOc1ccccc1C(=O)NN. The van der Waals surface area contributed by atoms with Gasteiger partial charge in [-0.25, -0.2) is 5.84 Å². The van der Waals surface area contributed by atoms with Gasteiger partial charge in [0.1, 0.15) is 12.4 Å². The molecule has 110 valence electrons.